The summed E-state index contributed by atoms with van der Waals surface area (Å²) in [4.78, 5) is 12.7. The van der Waals surface area contributed by atoms with E-state index in [0.29, 0.717) is 36.8 Å². The van der Waals surface area contributed by atoms with Crippen molar-refractivity contribution < 1.29 is 19.0 Å². The van der Waals surface area contributed by atoms with Gasteiger partial charge in [-0.1, -0.05) is 30.3 Å². The van der Waals surface area contributed by atoms with E-state index in [9.17, 15) is 4.79 Å². The monoisotopic (exact) mass is 355 g/mol. The van der Waals surface area contributed by atoms with E-state index in [-0.39, 0.29) is 11.3 Å². The average molecular weight is 355 g/mol. The van der Waals surface area contributed by atoms with E-state index >= 15 is 0 Å². The predicted octanol–water partition coefficient (Wildman–Crippen LogP) is 3.18. The van der Waals surface area contributed by atoms with Crippen LogP contribution in [0.1, 0.15) is 28.8 Å². The molecule has 1 aliphatic rings. The summed E-state index contributed by atoms with van der Waals surface area (Å²) in [5.41, 5.74) is 1.71. The van der Waals surface area contributed by atoms with E-state index in [4.69, 9.17) is 14.2 Å². The minimum Gasteiger partial charge on any atom is -0.493 e. The van der Waals surface area contributed by atoms with Gasteiger partial charge >= 0.3 is 0 Å². The standard InChI is InChI=1S/C21H25NO4/c1-24-18-9-8-16(14-19(18)25-2)20(23)22-15-21(10-12-26-13-11-21)17-6-4-3-5-7-17/h3-9,14H,10-13,15H2,1-2H3,(H,22,23). The average Bonchev–Trinajstić information content (AvgIpc) is 2.72. The molecule has 0 radical (unpaired) electrons. The SMILES string of the molecule is COc1ccc(C(=O)NCC2(c3ccccc3)CCOCC2)cc1OC. The highest BCUT2D eigenvalue weighted by molar-refractivity contribution is 5.95. The lowest BCUT2D eigenvalue weighted by Crippen LogP contribution is -2.44. The summed E-state index contributed by atoms with van der Waals surface area (Å²) in [7, 11) is 3.14. The van der Waals surface area contributed by atoms with Crippen LogP contribution in [-0.4, -0.2) is 39.9 Å². The largest absolute Gasteiger partial charge is 0.493 e. The fourth-order valence-corrected chi connectivity index (χ4v) is 3.45. The molecule has 1 fully saturated rings. The Bertz CT molecular complexity index is 739. The molecule has 0 bridgehead atoms. The number of methoxy groups -OCH3 is 2. The summed E-state index contributed by atoms with van der Waals surface area (Å²) in [6.07, 6.45) is 1.78. The fourth-order valence-electron chi connectivity index (χ4n) is 3.45. The Labute approximate surface area is 154 Å². The van der Waals surface area contributed by atoms with Gasteiger partial charge in [0.2, 0.25) is 0 Å². The van der Waals surface area contributed by atoms with Crippen LogP contribution in [0.2, 0.25) is 0 Å². The van der Waals surface area contributed by atoms with Gasteiger partial charge in [-0.3, -0.25) is 4.79 Å². The molecule has 0 aliphatic carbocycles. The van der Waals surface area contributed by atoms with Crippen LogP contribution in [0.4, 0.5) is 0 Å². The molecule has 0 saturated carbocycles. The third-order valence-electron chi connectivity index (χ3n) is 5.07. The number of carbonyl (C=O) groups excluding carboxylic acids is 1. The van der Waals surface area contributed by atoms with Crippen molar-refractivity contribution in [3.8, 4) is 11.5 Å². The number of benzene rings is 2. The van der Waals surface area contributed by atoms with E-state index in [1.54, 1.807) is 32.4 Å². The minimum absolute atomic E-state index is 0.0915. The summed E-state index contributed by atoms with van der Waals surface area (Å²) in [5.74, 6) is 1.03. The third kappa shape index (κ3) is 3.83. The van der Waals surface area contributed by atoms with Crippen molar-refractivity contribution in [3.05, 3.63) is 59.7 Å². The maximum Gasteiger partial charge on any atom is 0.251 e. The van der Waals surface area contributed by atoms with Crippen molar-refractivity contribution in [2.24, 2.45) is 0 Å². The first kappa shape index (κ1) is 18.3. The van der Waals surface area contributed by atoms with E-state index < -0.39 is 0 Å². The number of amides is 1. The van der Waals surface area contributed by atoms with Crippen molar-refractivity contribution in [2.75, 3.05) is 34.0 Å². The first-order valence-electron chi connectivity index (χ1n) is 8.82. The lowest BCUT2D eigenvalue weighted by Gasteiger charge is -2.38. The van der Waals surface area contributed by atoms with Crippen LogP contribution in [0.5, 0.6) is 11.5 Å². The Balaban J connectivity index is 1.76. The molecule has 0 aromatic heterocycles. The minimum atomic E-state index is -0.118. The van der Waals surface area contributed by atoms with Crippen LogP contribution in [-0.2, 0) is 10.2 Å². The highest BCUT2D eigenvalue weighted by Crippen LogP contribution is 2.34. The lowest BCUT2D eigenvalue weighted by molar-refractivity contribution is 0.0487. The molecule has 26 heavy (non-hydrogen) atoms. The molecule has 5 heteroatoms. The fraction of sp³-hybridized carbons (Fsp3) is 0.381. The molecule has 1 amide bonds. The Morgan fingerprint density at radius 3 is 2.38 bits per heavy atom. The molecule has 2 aromatic rings. The third-order valence-corrected chi connectivity index (χ3v) is 5.07. The van der Waals surface area contributed by atoms with Gasteiger partial charge in [0, 0.05) is 30.7 Å². The topological polar surface area (TPSA) is 56.8 Å². The van der Waals surface area contributed by atoms with Crippen LogP contribution in [0.3, 0.4) is 0 Å². The molecule has 1 saturated heterocycles. The highest BCUT2D eigenvalue weighted by Gasteiger charge is 2.34. The maximum absolute atomic E-state index is 12.7. The summed E-state index contributed by atoms with van der Waals surface area (Å²) in [5, 5.41) is 3.11. The first-order valence-corrected chi connectivity index (χ1v) is 8.82. The number of carbonyl (C=O) groups is 1. The maximum atomic E-state index is 12.7. The van der Waals surface area contributed by atoms with E-state index in [1.807, 2.05) is 18.2 Å². The van der Waals surface area contributed by atoms with Crippen molar-refractivity contribution in [1.82, 2.24) is 5.32 Å². The van der Waals surface area contributed by atoms with Gasteiger partial charge in [-0.25, -0.2) is 0 Å². The Morgan fingerprint density at radius 1 is 1.04 bits per heavy atom. The van der Waals surface area contributed by atoms with Gasteiger partial charge in [0.15, 0.2) is 11.5 Å². The van der Waals surface area contributed by atoms with Crippen molar-refractivity contribution in [2.45, 2.75) is 18.3 Å². The van der Waals surface area contributed by atoms with Crippen molar-refractivity contribution >= 4 is 5.91 Å². The van der Waals surface area contributed by atoms with Gasteiger partial charge in [0.25, 0.3) is 5.91 Å². The highest BCUT2D eigenvalue weighted by atomic mass is 16.5. The van der Waals surface area contributed by atoms with Crippen LogP contribution in [0.25, 0.3) is 0 Å². The molecule has 1 aliphatic heterocycles. The number of ether oxygens (including phenoxy) is 3. The number of hydrogen-bond donors (Lipinski definition) is 1. The molecule has 0 atom stereocenters. The summed E-state index contributed by atoms with van der Waals surface area (Å²) >= 11 is 0. The van der Waals surface area contributed by atoms with Gasteiger partial charge < -0.3 is 19.5 Å². The molecular weight excluding hydrogens is 330 g/mol. The molecule has 138 valence electrons. The van der Waals surface area contributed by atoms with Gasteiger partial charge in [0.05, 0.1) is 14.2 Å². The second kappa shape index (κ2) is 8.23. The van der Waals surface area contributed by atoms with E-state index in [2.05, 4.69) is 17.4 Å². The zero-order valence-electron chi connectivity index (χ0n) is 15.3. The molecule has 3 rings (SSSR count). The predicted molar refractivity (Wildman–Crippen MR) is 100 cm³/mol. The quantitative estimate of drug-likeness (QED) is 0.865. The van der Waals surface area contributed by atoms with E-state index in [0.717, 1.165) is 12.8 Å². The smallest absolute Gasteiger partial charge is 0.251 e. The van der Waals surface area contributed by atoms with Crippen LogP contribution >= 0.6 is 0 Å². The zero-order valence-corrected chi connectivity index (χ0v) is 15.3. The summed E-state index contributed by atoms with van der Waals surface area (Å²) in [6.45, 7) is 2.00. The molecule has 0 unspecified atom stereocenters. The summed E-state index contributed by atoms with van der Waals surface area (Å²) in [6, 6.07) is 15.6. The molecular formula is C21H25NO4. The molecule has 0 spiro atoms. The van der Waals surface area contributed by atoms with Crippen LogP contribution in [0.15, 0.2) is 48.5 Å². The molecule has 1 heterocycles. The Kier molecular flexibility index (Phi) is 5.78. The number of hydrogen-bond acceptors (Lipinski definition) is 4. The van der Waals surface area contributed by atoms with Crippen LogP contribution in [0, 0.1) is 0 Å². The number of nitrogens with one attached hydrogen (secondary N) is 1. The van der Waals surface area contributed by atoms with Crippen LogP contribution < -0.4 is 14.8 Å². The van der Waals surface area contributed by atoms with E-state index in [1.165, 1.54) is 5.56 Å². The number of rotatable bonds is 6. The molecule has 2 aromatic carbocycles. The summed E-state index contributed by atoms with van der Waals surface area (Å²) < 4.78 is 16.1. The lowest BCUT2D eigenvalue weighted by atomic mass is 9.74. The van der Waals surface area contributed by atoms with Gasteiger partial charge in [-0.15, -0.1) is 0 Å². The Morgan fingerprint density at radius 2 is 1.73 bits per heavy atom. The van der Waals surface area contributed by atoms with Gasteiger partial charge in [-0.05, 0) is 36.6 Å². The normalized spacial score (nSPS) is 15.9. The first-order chi connectivity index (χ1) is 12.7. The van der Waals surface area contributed by atoms with Crippen molar-refractivity contribution in [3.63, 3.8) is 0 Å². The Hall–Kier alpha value is -2.53. The van der Waals surface area contributed by atoms with Gasteiger partial charge in [-0.2, -0.15) is 0 Å². The second-order valence-electron chi connectivity index (χ2n) is 6.51. The zero-order chi connectivity index (χ0) is 18.4. The second-order valence-corrected chi connectivity index (χ2v) is 6.51. The molecule has 1 N–H and O–H groups in total. The van der Waals surface area contributed by atoms with Crippen molar-refractivity contribution in [1.29, 1.82) is 0 Å². The van der Waals surface area contributed by atoms with Gasteiger partial charge in [0.1, 0.15) is 0 Å². The molecule has 5 nitrogen and oxygen atoms in total.